The van der Waals surface area contributed by atoms with Crippen molar-refractivity contribution < 1.29 is 30.8 Å². The lowest BCUT2D eigenvalue weighted by atomic mass is 9.93. The van der Waals surface area contributed by atoms with Crippen molar-refractivity contribution in [2.24, 2.45) is 5.92 Å². The highest BCUT2D eigenvalue weighted by molar-refractivity contribution is 7.88. The molecule has 0 spiro atoms. The van der Waals surface area contributed by atoms with Gasteiger partial charge in [-0.25, -0.2) is 30.7 Å². The third kappa shape index (κ3) is 4.66. The molecule has 10 heteroatoms. The average Bonchev–Trinajstić information content (AvgIpc) is 3.37. The zero-order chi connectivity index (χ0) is 23.2. The number of halogens is 4. The van der Waals surface area contributed by atoms with Crippen LogP contribution in [0.25, 0.3) is 11.1 Å². The lowest BCUT2D eigenvalue weighted by molar-refractivity contribution is -0.131. The summed E-state index contributed by atoms with van der Waals surface area (Å²) in [7, 11) is -3.39. The Kier molecular flexibility index (Phi) is 6.02. The molecule has 5 nitrogen and oxygen atoms in total. The van der Waals surface area contributed by atoms with Gasteiger partial charge in [0.2, 0.25) is 15.9 Å². The standard InChI is InChI=1S/C22H22F4N2O3S/c1-32(30,31)27-13-7-8-28(11-13)22(29)17-10-15(17)14-6-5-12(21(25)26)9-16(14)20-18(23)3-2-4-19(20)24/h2-6,9,13,15,17,21,27H,7-8,10-11H2,1H3/t13-,15-,17+/m0/s1. The van der Waals surface area contributed by atoms with Crippen LogP contribution in [-0.2, 0) is 14.8 Å². The number of alkyl halides is 2. The summed E-state index contributed by atoms with van der Waals surface area (Å²) in [5, 5.41) is 0. The minimum atomic E-state index is -3.39. The molecule has 0 aromatic heterocycles. The molecule has 4 rings (SSSR count). The molecule has 1 N–H and O–H groups in total. The van der Waals surface area contributed by atoms with Gasteiger partial charge in [0.05, 0.1) is 11.8 Å². The summed E-state index contributed by atoms with van der Waals surface area (Å²) in [6, 6.07) is 6.67. The number of nitrogens with zero attached hydrogens (tertiary/aromatic N) is 1. The Hall–Kier alpha value is -2.46. The number of sulfonamides is 1. The van der Waals surface area contributed by atoms with Gasteiger partial charge in [-0.15, -0.1) is 0 Å². The van der Waals surface area contributed by atoms with Gasteiger partial charge in [0.1, 0.15) is 11.6 Å². The molecule has 2 aromatic carbocycles. The third-order valence-electron chi connectivity index (χ3n) is 5.95. The Balaban J connectivity index is 1.58. The van der Waals surface area contributed by atoms with Crippen LogP contribution in [0, 0.1) is 17.6 Å². The molecule has 3 atom stereocenters. The molecule has 1 saturated heterocycles. The van der Waals surface area contributed by atoms with Crippen molar-refractivity contribution in [3.63, 3.8) is 0 Å². The molecule has 0 radical (unpaired) electrons. The van der Waals surface area contributed by atoms with Gasteiger partial charge in [0, 0.05) is 30.6 Å². The van der Waals surface area contributed by atoms with Gasteiger partial charge in [0.15, 0.2) is 0 Å². The number of benzene rings is 2. The van der Waals surface area contributed by atoms with Crippen molar-refractivity contribution in [2.45, 2.75) is 31.2 Å². The second-order valence-corrected chi connectivity index (χ2v) is 10.1. The number of carbonyl (C=O) groups is 1. The molecule has 0 unspecified atom stereocenters. The Bertz CT molecular complexity index is 1140. The predicted molar refractivity (Wildman–Crippen MR) is 111 cm³/mol. The summed E-state index contributed by atoms with van der Waals surface area (Å²) in [6.45, 7) is 0.641. The van der Waals surface area contributed by atoms with Crippen LogP contribution >= 0.6 is 0 Å². The maximum atomic E-state index is 14.5. The molecule has 0 bridgehead atoms. The monoisotopic (exact) mass is 470 g/mol. The molecule has 1 amide bonds. The van der Waals surface area contributed by atoms with E-state index in [9.17, 15) is 30.8 Å². The van der Waals surface area contributed by atoms with Crippen LogP contribution < -0.4 is 4.72 Å². The van der Waals surface area contributed by atoms with Gasteiger partial charge < -0.3 is 4.90 Å². The molecule has 172 valence electrons. The fraction of sp³-hybridized carbons (Fsp3) is 0.409. The van der Waals surface area contributed by atoms with E-state index >= 15 is 0 Å². The van der Waals surface area contributed by atoms with E-state index in [4.69, 9.17) is 0 Å². The van der Waals surface area contributed by atoms with E-state index in [1.54, 1.807) is 4.90 Å². The Morgan fingerprint density at radius 2 is 1.84 bits per heavy atom. The quantitative estimate of drug-likeness (QED) is 0.653. The zero-order valence-electron chi connectivity index (χ0n) is 17.2. The van der Waals surface area contributed by atoms with E-state index in [2.05, 4.69) is 4.72 Å². The first kappa shape index (κ1) is 22.7. The van der Waals surface area contributed by atoms with Crippen LogP contribution in [-0.4, -0.2) is 44.6 Å². The first-order chi connectivity index (χ1) is 15.0. The van der Waals surface area contributed by atoms with E-state index < -0.39 is 34.0 Å². The highest BCUT2D eigenvalue weighted by atomic mass is 32.2. The predicted octanol–water partition coefficient (Wildman–Crippen LogP) is 3.82. The van der Waals surface area contributed by atoms with Crippen LogP contribution in [0.2, 0.25) is 0 Å². The van der Waals surface area contributed by atoms with Crippen LogP contribution in [0.1, 0.15) is 36.3 Å². The number of nitrogens with one attached hydrogen (secondary N) is 1. The SMILES string of the molecule is CS(=O)(=O)N[C@H]1CCN(C(=O)[C@@H]2C[C@H]2c2ccc(C(F)F)cc2-c2c(F)cccc2F)C1. The fourth-order valence-electron chi connectivity index (χ4n) is 4.41. The van der Waals surface area contributed by atoms with Crippen LogP contribution in [0.3, 0.4) is 0 Å². The summed E-state index contributed by atoms with van der Waals surface area (Å²) in [5.41, 5.74) is -0.274. The lowest BCUT2D eigenvalue weighted by Crippen LogP contribution is -2.38. The highest BCUT2D eigenvalue weighted by Gasteiger charge is 2.48. The number of carbonyl (C=O) groups excluding carboxylic acids is 1. The van der Waals surface area contributed by atoms with Gasteiger partial charge in [-0.05, 0) is 48.1 Å². The molecule has 1 heterocycles. The number of rotatable bonds is 6. The Labute approximate surface area is 183 Å². The van der Waals surface area contributed by atoms with Crippen LogP contribution in [0.15, 0.2) is 36.4 Å². The number of amides is 1. The van der Waals surface area contributed by atoms with Gasteiger partial charge in [-0.2, -0.15) is 0 Å². The van der Waals surface area contributed by atoms with E-state index in [0.717, 1.165) is 24.5 Å². The first-order valence-electron chi connectivity index (χ1n) is 10.2. The van der Waals surface area contributed by atoms with Gasteiger partial charge in [0.25, 0.3) is 6.43 Å². The topological polar surface area (TPSA) is 66.5 Å². The van der Waals surface area contributed by atoms with Gasteiger partial charge in [-0.1, -0.05) is 18.2 Å². The van der Waals surface area contributed by atoms with Crippen molar-refractivity contribution >= 4 is 15.9 Å². The Morgan fingerprint density at radius 1 is 1.16 bits per heavy atom. The van der Waals surface area contributed by atoms with Crippen molar-refractivity contribution in [1.82, 2.24) is 9.62 Å². The fourth-order valence-corrected chi connectivity index (χ4v) is 5.21. The largest absolute Gasteiger partial charge is 0.341 e. The molecule has 1 aliphatic carbocycles. The molecule has 2 aromatic rings. The molecule has 32 heavy (non-hydrogen) atoms. The van der Waals surface area contributed by atoms with E-state index in [1.807, 2.05) is 0 Å². The first-order valence-corrected chi connectivity index (χ1v) is 12.1. The second kappa shape index (κ2) is 8.47. The van der Waals surface area contributed by atoms with Crippen molar-refractivity contribution in [3.8, 4) is 11.1 Å². The van der Waals surface area contributed by atoms with E-state index in [0.29, 0.717) is 24.9 Å². The molecule has 2 fully saturated rings. The maximum Gasteiger partial charge on any atom is 0.263 e. The second-order valence-electron chi connectivity index (χ2n) is 8.35. The number of hydrogen-bond donors (Lipinski definition) is 1. The Morgan fingerprint density at radius 3 is 2.47 bits per heavy atom. The molecular formula is C22H22F4N2O3S. The molecule has 1 aliphatic heterocycles. The van der Waals surface area contributed by atoms with Crippen LogP contribution in [0.4, 0.5) is 17.6 Å². The molecule has 2 aliphatic rings. The average molecular weight is 470 g/mol. The summed E-state index contributed by atoms with van der Waals surface area (Å²) >= 11 is 0. The smallest absolute Gasteiger partial charge is 0.263 e. The number of likely N-dealkylation sites (tertiary alicyclic amines) is 1. The van der Waals surface area contributed by atoms with Crippen molar-refractivity contribution in [1.29, 1.82) is 0 Å². The van der Waals surface area contributed by atoms with E-state index in [1.165, 1.54) is 18.2 Å². The normalized spacial score (nSPS) is 23.1. The van der Waals surface area contributed by atoms with Crippen molar-refractivity contribution in [3.05, 3.63) is 59.2 Å². The van der Waals surface area contributed by atoms with E-state index in [-0.39, 0.29) is 41.1 Å². The number of hydrogen-bond acceptors (Lipinski definition) is 3. The highest BCUT2D eigenvalue weighted by Crippen LogP contribution is 2.52. The molecule has 1 saturated carbocycles. The van der Waals surface area contributed by atoms with Crippen molar-refractivity contribution in [2.75, 3.05) is 19.3 Å². The lowest BCUT2D eigenvalue weighted by Gasteiger charge is -2.18. The summed E-state index contributed by atoms with van der Waals surface area (Å²) in [4.78, 5) is 14.5. The van der Waals surface area contributed by atoms with Gasteiger partial charge in [-0.3, -0.25) is 4.79 Å². The van der Waals surface area contributed by atoms with Crippen LogP contribution in [0.5, 0.6) is 0 Å². The summed E-state index contributed by atoms with van der Waals surface area (Å²) < 4.78 is 80.8. The minimum Gasteiger partial charge on any atom is -0.341 e. The zero-order valence-corrected chi connectivity index (χ0v) is 18.0. The molecular weight excluding hydrogens is 448 g/mol. The minimum absolute atomic E-state index is 0.0248. The maximum absolute atomic E-state index is 14.5. The van der Waals surface area contributed by atoms with Gasteiger partial charge >= 0.3 is 0 Å². The summed E-state index contributed by atoms with van der Waals surface area (Å²) in [5.74, 6) is -2.71. The third-order valence-corrected chi connectivity index (χ3v) is 6.71. The summed E-state index contributed by atoms with van der Waals surface area (Å²) in [6.07, 6.45) is -0.833.